The van der Waals surface area contributed by atoms with Crippen molar-refractivity contribution in [3.63, 3.8) is 0 Å². The molecule has 114 valence electrons. The molecule has 0 saturated carbocycles. The number of halogens is 1. The summed E-state index contributed by atoms with van der Waals surface area (Å²) in [6.07, 6.45) is 0. The van der Waals surface area contributed by atoms with E-state index in [0.29, 0.717) is 15.7 Å². The molecule has 1 aromatic heterocycles. The topological polar surface area (TPSA) is 94.3 Å². The lowest BCUT2D eigenvalue weighted by atomic mass is 9.91. The molecule has 6 nitrogen and oxygen atoms in total. The van der Waals surface area contributed by atoms with Crippen LogP contribution in [-0.4, -0.2) is 30.0 Å². The standard InChI is InChI=1S/C12H19N3O3S.ClH/c1-6(13)9(16)15-11-14-8(12(2,3)4)7(19-11)10(17)18-5;/h6H,13H2,1-5H3,(H,14,15,16);1H/t6-;/m1./s1. The second-order valence-electron chi connectivity index (χ2n) is 5.22. The average Bonchev–Trinajstić information content (AvgIpc) is 2.71. The average molecular weight is 322 g/mol. The Morgan fingerprint density at radius 2 is 1.95 bits per heavy atom. The molecule has 0 fully saturated rings. The van der Waals surface area contributed by atoms with E-state index in [2.05, 4.69) is 10.3 Å². The number of aromatic nitrogens is 1. The summed E-state index contributed by atoms with van der Waals surface area (Å²) >= 11 is 1.09. The molecule has 0 aliphatic heterocycles. The molecule has 3 N–H and O–H groups in total. The molecule has 1 rings (SSSR count). The molecule has 0 unspecified atom stereocenters. The van der Waals surface area contributed by atoms with Crippen molar-refractivity contribution in [2.75, 3.05) is 12.4 Å². The van der Waals surface area contributed by atoms with E-state index >= 15 is 0 Å². The summed E-state index contributed by atoms with van der Waals surface area (Å²) in [6, 6.07) is -0.636. The van der Waals surface area contributed by atoms with Crippen molar-refractivity contribution in [2.45, 2.75) is 39.2 Å². The summed E-state index contributed by atoms with van der Waals surface area (Å²) in [7, 11) is 1.31. The first-order valence-corrected chi connectivity index (χ1v) is 6.64. The van der Waals surface area contributed by atoms with E-state index in [9.17, 15) is 9.59 Å². The van der Waals surface area contributed by atoms with Gasteiger partial charge in [0, 0.05) is 5.41 Å². The predicted octanol–water partition coefficient (Wildman–Crippen LogP) is 1.93. The summed E-state index contributed by atoms with van der Waals surface area (Å²) in [4.78, 5) is 28.0. The third kappa shape index (κ3) is 4.43. The summed E-state index contributed by atoms with van der Waals surface area (Å²) in [5.41, 5.74) is 5.75. The Balaban J connectivity index is 0.00000361. The fourth-order valence-corrected chi connectivity index (χ4v) is 2.43. The number of thiazole rings is 1. The number of nitrogens with zero attached hydrogens (tertiary/aromatic N) is 1. The molecule has 20 heavy (non-hydrogen) atoms. The number of carbonyl (C=O) groups is 2. The second-order valence-corrected chi connectivity index (χ2v) is 6.22. The normalized spacial score (nSPS) is 12.3. The molecular weight excluding hydrogens is 302 g/mol. The van der Waals surface area contributed by atoms with Crippen LogP contribution in [0.4, 0.5) is 5.13 Å². The molecule has 1 aromatic rings. The van der Waals surface area contributed by atoms with Gasteiger partial charge in [0.05, 0.1) is 18.8 Å². The van der Waals surface area contributed by atoms with Gasteiger partial charge in [-0.25, -0.2) is 9.78 Å². The lowest BCUT2D eigenvalue weighted by molar-refractivity contribution is -0.117. The van der Waals surface area contributed by atoms with Crippen molar-refractivity contribution in [3.8, 4) is 0 Å². The zero-order valence-electron chi connectivity index (χ0n) is 12.1. The van der Waals surface area contributed by atoms with Crippen molar-refractivity contribution < 1.29 is 14.3 Å². The highest BCUT2D eigenvalue weighted by Gasteiger charge is 2.28. The Bertz CT molecular complexity index is 495. The van der Waals surface area contributed by atoms with E-state index in [-0.39, 0.29) is 23.7 Å². The number of amides is 1. The molecule has 8 heteroatoms. The van der Waals surface area contributed by atoms with Crippen LogP contribution in [-0.2, 0) is 14.9 Å². The summed E-state index contributed by atoms with van der Waals surface area (Å²) in [6.45, 7) is 7.39. The summed E-state index contributed by atoms with van der Waals surface area (Å²) in [5.74, 6) is -0.797. The number of esters is 1. The SMILES string of the molecule is COC(=O)c1sc(NC(=O)[C@@H](C)N)nc1C(C)(C)C.Cl. The van der Waals surface area contributed by atoms with Crippen molar-refractivity contribution in [3.05, 3.63) is 10.6 Å². The minimum Gasteiger partial charge on any atom is -0.465 e. The van der Waals surface area contributed by atoms with Gasteiger partial charge >= 0.3 is 5.97 Å². The molecule has 0 aromatic carbocycles. The first-order chi connectivity index (χ1) is 8.66. The van der Waals surface area contributed by atoms with E-state index in [1.54, 1.807) is 6.92 Å². The van der Waals surface area contributed by atoms with Crippen LogP contribution in [0.2, 0.25) is 0 Å². The van der Waals surface area contributed by atoms with Crippen LogP contribution in [0.25, 0.3) is 0 Å². The van der Waals surface area contributed by atoms with Gasteiger partial charge in [-0.15, -0.1) is 12.4 Å². The van der Waals surface area contributed by atoms with Gasteiger partial charge in [0.15, 0.2) is 5.13 Å². The van der Waals surface area contributed by atoms with Gasteiger partial charge in [0.2, 0.25) is 5.91 Å². The van der Waals surface area contributed by atoms with Crippen LogP contribution in [0.3, 0.4) is 0 Å². The number of ether oxygens (including phenoxy) is 1. The molecule has 0 aliphatic carbocycles. The molecule has 0 radical (unpaired) electrons. The predicted molar refractivity (Wildman–Crippen MR) is 81.7 cm³/mol. The minimum absolute atomic E-state index is 0. The van der Waals surface area contributed by atoms with Crippen molar-refractivity contribution in [2.24, 2.45) is 5.73 Å². The lowest BCUT2D eigenvalue weighted by Crippen LogP contribution is -2.32. The minimum atomic E-state index is -0.636. The first kappa shape index (κ1) is 18.8. The van der Waals surface area contributed by atoms with Crippen molar-refractivity contribution in [1.82, 2.24) is 4.98 Å². The van der Waals surface area contributed by atoms with Gasteiger partial charge in [-0.3, -0.25) is 4.79 Å². The zero-order valence-corrected chi connectivity index (χ0v) is 13.8. The van der Waals surface area contributed by atoms with Crippen LogP contribution in [0.5, 0.6) is 0 Å². The van der Waals surface area contributed by atoms with Crippen molar-refractivity contribution >= 4 is 40.8 Å². The number of hydrogen-bond donors (Lipinski definition) is 2. The van der Waals surface area contributed by atoms with E-state index < -0.39 is 12.0 Å². The number of methoxy groups -OCH3 is 1. The number of nitrogens with two attached hydrogens (primary N) is 1. The molecule has 0 spiro atoms. The largest absolute Gasteiger partial charge is 0.465 e. The molecular formula is C12H20ClN3O3S. The highest BCUT2D eigenvalue weighted by atomic mass is 35.5. The Labute approximate surface area is 128 Å². The Hall–Kier alpha value is -1.18. The van der Waals surface area contributed by atoms with E-state index in [0.717, 1.165) is 11.3 Å². The molecule has 0 aliphatic rings. The molecule has 1 amide bonds. The monoisotopic (exact) mass is 321 g/mol. The van der Waals surface area contributed by atoms with Crippen LogP contribution in [0.1, 0.15) is 43.1 Å². The number of anilines is 1. The highest BCUT2D eigenvalue weighted by molar-refractivity contribution is 7.17. The zero-order chi connectivity index (χ0) is 14.8. The quantitative estimate of drug-likeness (QED) is 0.830. The van der Waals surface area contributed by atoms with Gasteiger partial charge in [0.1, 0.15) is 4.88 Å². The van der Waals surface area contributed by atoms with E-state index in [1.807, 2.05) is 20.8 Å². The van der Waals surface area contributed by atoms with E-state index in [4.69, 9.17) is 10.5 Å². The number of nitrogens with one attached hydrogen (secondary N) is 1. The lowest BCUT2D eigenvalue weighted by Gasteiger charge is -2.16. The van der Waals surface area contributed by atoms with Crippen LogP contribution >= 0.6 is 23.7 Å². The Morgan fingerprint density at radius 1 is 1.40 bits per heavy atom. The number of rotatable bonds is 3. The van der Waals surface area contributed by atoms with Gasteiger partial charge in [0.25, 0.3) is 0 Å². The number of carbonyl (C=O) groups excluding carboxylic acids is 2. The molecule has 1 heterocycles. The smallest absolute Gasteiger partial charge is 0.350 e. The molecule has 1 atom stereocenters. The van der Waals surface area contributed by atoms with Crippen molar-refractivity contribution in [1.29, 1.82) is 0 Å². The van der Waals surface area contributed by atoms with Gasteiger partial charge < -0.3 is 15.8 Å². The Kier molecular flexibility index (Phi) is 6.60. The van der Waals surface area contributed by atoms with Crippen LogP contribution < -0.4 is 11.1 Å². The van der Waals surface area contributed by atoms with E-state index in [1.165, 1.54) is 7.11 Å². The fraction of sp³-hybridized carbons (Fsp3) is 0.583. The maximum atomic E-state index is 11.7. The third-order valence-corrected chi connectivity index (χ3v) is 3.30. The third-order valence-electron chi connectivity index (χ3n) is 2.35. The Morgan fingerprint density at radius 3 is 2.35 bits per heavy atom. The highest BCUT2D eigenvalue weighted by Crippen LogP contribution is 2.32. The first-order valence-electron chi connectivity index (χ1n) is 5.83. The molecule has 0 bridgehead atoms. The summed E-state index contributed by atoms with van der Waals surface area (Å²) < 4.78 is 4.73. The maximum absolute atomic E-state index is 11.7. The van der Waals surface area contributed by atoms with Crippen LogP contribution in [0.15, 0.2) is 0 Å². The molecule has 0 saturated heterocycles. The van der Waals surface area contributed by atoms with Gasteiger partial charge in [-0.05, 0) is 6.92 Å². The maximum Gasteiger partial charge on any atom is 0.350 e. The van der Waals surface area contributed by atoms with Crippen LogP contribution in [0, 0.1) is 0 Å². The van der Waals surface area contributed by atoms with Gasteiger partial charge in [-0.2, -0.15) is 0 Å². The van der Waals surface area contributed by atoms with Gasteiger partial charge in [-0.1, -0.05) is 32.1 Å². The summed E-state index contributed by atoms with van der Waals surface area (Å²) in [5, 5.41) is 2.94. The fourth-order valence-electron chi connectivity index (χ4n) is 1.33. The number of hydrogen-bond acceptors (Lipinski definition) is 6. The second kappa shape index (κ2) is 7.01.